The first-order chi connectivity index (χ1) is 13.8. The summed E-state index contributed by atoms with van der Waals surface area (Å²) in [5.74, 6) is 0.528. The molecule has 1 fully saturated rings. The van der Waals surface area contributed by atoms with E-state index in [2.05, 4.69) is 21.2 Å². The third kappa shape index (κ3) is 4.99. The first-order valence-corrected chi connectivity index (χ1v) is 11.7. The number of halogens is 1. The van der Waals surface area contributed by atoms with Crippen LogP contribution in [-0.2, 0) is 21.2 Å². The van der Waals surface area contributed by atoms with Crippen molar-refractivity contribution < 1.29 is 17.9 Å². The topological polar surface area (TPSA) is 75.7 Å². The van der Waals surface area contributed by atoms with Crippen molar-refractivity contribution >= 4 is 31.9 Å². The first-order valence-electron chi connectivity index (χ1n) is 9.51. The second-order valence-electron chi connectivity index (χ2n) is 7.08. The summed E-state index contributed by atoms with van der Waals surface area (Å²) in [7, 11) is -2.09. The van der Waals surface area contributed by atoms with Gasteiger partial charge in [0, 0.05) is 17.6 Å². The van der Waals surface area contributed by atoms with Crippen LogP contribution in [0.15, 0.2) is 51.8 Å². The van der Waals surface area contributed by atoms with Crippen LogP contribution in [0.1, 0.15) is 24.0 Å². The van der Waals surface area contributed by atoms with E-state index >= 15 is 0 Å². The monoisotopic (exact) mass is 480 g/mol. The van der Waals surface area contributed by atoms with Crippen LogP contribution in [0, 0.1) is 6.92 Å². The maximum absolute atomic E-state index is 13.0. The fourth-order valence-electron chi connectivity index (χ4n) is 3.57. The lowest BCUT2D eigenvalue weighted by molar-refractivity contribution is -0.124. The van der Waals surface area contributed by atoms with Crippen LogP contribution in [0.4, 0.5) is 0 Å². The van der Waals surface area contributed by atoms with E-state index in [4.69, 9.17) is 4.74 Å². The minimum Gasteiger partial charge on any atom is -0.496 e. The summed E-state index contributed by atoms with van der Waals surface area (Å²) in [6, 6.07) is 11.7. The van der Waals surface area contributed by atoms with E-state index in [-0.39, 0.29) is 10.8 Å². The Labute approximate surface area is 180 Å². The third-order valence-electron chi connectivity index (χ3n) is 5.06. The maximum Gasteiger partial charge on any atom is 0.243 e. The van der Waals surface area contributed by atoms with Crippen molar-refractivity contribution in [1.82, 2.24) is 9.62 Å². The molecule has 1 N–H and O–H groups in total. The average molecular weight is 481 g/mol. The fourth-order valence-corrected chi connectivity index (χ4v) is 5.49. The second-order valence-corrected chi connectivity index (χ2v) is 9.89. The van der Waals surface area contributed by atoms with Gasteiger partial charge in [0.15, 0.2) is 0 Å². The predicted molar refractivity (Wildman–Crippen MR) is 116 cm³/mol. The van der Waals surface area contributed by atoms with E-state index in [0.29, 0.717) is 32.4 Å². The summed E-state index contributed by atoms with van der Waals surface area (Å²) < 4.78 is 33.5. The van der Waals surface area contributed by atoms with E-state index in [1.54, 1.807) is 31.4 Å². The number of benzene rings is 2. The van der Waals surface area contributed by atoms with Crippen LogP contribution in [0.2, 0.25) is 0 Å². The molecule has 0 spiro atoms. The number of carbonyl (C=O) groups is 1. The molecule has 156 valence electrons. The van der Waals surface area contributed by atoms with Crippen molar-refractivity contribution in [2.45, 2.75) is 37.1 Å². The van der Waals surface area contributed by atoms with Crippen LogP contribution < -0.4 is 10.1 Å². The SMILES string of the molecule is COc1ccc(C)cc1CCNC(=O)[C@H]1CCCN1S(=O)(=O)c1ccc(Br)cc1. The van der Waals surface area contributed by atoms with Gasteiger partial charge in [0.25, 0.3) is 0 Å². The minimum absolute atomic E-state index is 0.199. The molecule has 6 nitrogen and oxygen atoms in total. The fraction of sp³-hybridized carbons (Fsp3) is 0.381. The summed E-state index contributed by atoms with van der Waals surface area (Å²) >= 11 is 3.31. The van der Waals surface area contributed by atoms with Crippen molar-refractivity contribution in [2.24, 2.45) is 0 Å². The Kier molecular flexibility index (Phi) is 6.97. The van der Waals surface area contributed by atoms with E-state index < -0.39 is 16.1 Å². The van der Waals surface area contributed by atoms with Gasteiger partial charge in [-0.05, 0) is 62.1 Å². The largest absolute Gasteiger partial charge is 0.496 e. The molecule has 3 rings (SSSR count). The molecule has 29 heavy (non-hydrogen) atoms. The lowest BCUT2D eigenvalue weighted by atomic mass is 10.1. The van der Waals surface area contributed by atoms with Crippen LogP contribution in [0.3, 0.4) is 0 Å². The molecule has 1 amide bonds. The molecule has 1 atom stereocenters. The Morgan fingerprint density at radius 2 is 1.97 bits per heavy atom. The molecule has 1 aliphatic heterocycles. The molecule has 1 saturated heterocycles. The number of ether oxygens (including phenoxy) is 1. The van der Waals surface area contributed by atoms with Gasteiger partial charge in [0.2, 0.25) is 15.9 Å². The molecule has 1 aliphatic rings. The van der Waals surface area contributed by atoms with Crippen molar-refractivity contribution in [3.8, 4) is 5.75 Å². The molecular weight excluding hydrogens is 456 g/mol. The van der Waals surface area contributed by atoms with Gasteiger partial charge in [-0.25, -0.2) is 8.42 Å². The number of hydrogen-bond donors (Lipinski definition) is 1. The number of nitrogens with one attached hydrogen (secondary N) is 1. The minimum atomic E-state index is -3.71. The summed E-state index contributed by atoms with van der Waals surface area (Å²) in [6.07, 6.45) is 1.80. The highest BCUT2D eigenvalue weighted by atomic mass is 79.9. The molecule has 1 heterocycles. The molecule has 8 heteroatoms. The molecule has 2 aromatic carbocycles. The number of nitrogens with zero attached hydrogens (tertiary/aromatic N) is 1. The summed E-state index contributed by atoms with van der Waals surface area (Å²) in [4.78, 5) is 12.9. The second kappa shape index (κ2) is 9.28. The molecule has 0 radical (unpaired) electrons. The van der Waals surface area contributed by atoms with E-state index in [1.165, 1.54) is 4.31 Å². The predicted octanol–water partition coefficient (Wildman–Crippen LogP) is 3.28. The first kappa shape index (κ1) is 21.8. The molecule has 0 aromatic heterocycles. The smallest absolute Gasteiger partial charge is 0.243 e. The summed E-state index contributed by atoms with van der Waals surface area (Å²) in [6.45, 7) is 2.77. The van der Waals surface area contributed by atoms with E-state index in [0.717, 1.165) is 21.3 Å². The number of carbonyl (C=O) groups excluding carboxylic acids is 1. The highest BCUT2D eigenvalue weighted by molar-refractivity contribution is 9.10. The van der Waals surface area contributed by atoms with Crippen LogP contribution in [0.25, 0.3) is 0 Å². The van der Waals surface area contributed by atoms with Crippen LogP contribution in [-0.4, -0.2) is 44.9 Å². The van der Waals surface area contributed by atoms with Gasteiger partial charge >= 0.3 is 0 Å². The number of sulfonamides is 1. The van der Waals surface area contributed by atoms with Gasteiger partial charge in [0.1, 0.15) is 11.8 Å². The number of amides is 1. The normalized spacial score (nSPS) is 17.3. The molecule has 0 saturated carbocycles. The van der Waals surface area contributed by atoms with Gasteiger partial charge in [-0.2, -0.15) is 4.31 Å². The number of methoxy groups -OCH3 is 1. The van der Waals surface area contributed by atoms with E-state index in [1.807, 2.05) is 25.1 Å². The molecule has 0 unspecified atom stereocenters. The zero-order valence-corrected chi connectivity index (χ0v) is 18.9. The van der Waals surface area contributed by atoms with Gasteiger partial charge in [0.05, 0.1) is 12.0 Å². The van der Waals surface area contributed by atoms with Gasteiger partial charge < -0.3 is 10.1 Å². The van der Waals surface area contributed by atoms with Crippen LogP contribution >= 0.6 is 15.9 Å². The van der Waals surface area contributed by atoms with Crippen molar-refractivity contribution in [3.05, 3.63) is 58.1 Å². The number of hydrogen-bond acceptors (Lipinski definition) is 4. The maximum atomic E-state index is 13.0. The average Bonchev–Trinajstić information content (AvgIpc) is 3.19. The quantitative estimate of drug-likeness (QED) is 0.659. The molecule has 0 bridgehead atoms. The van der Waals surface area contributed by atoms with Crippen molar-refractivity contribution in [3.63, 3.8) is 0 Å². The Hall–Kier alpha value is -1.90. The van der Waals surface area contributed by atoms with Crippen LogP contribution in [0.5, 0.6) is 5.75 Å². The zero-order chi connectivity index (χ0) is 21.0. The Morgan fingerprint density at radius 3 is 2.66 bits per heavy atom. The van der Waals surface area contributed by atoms with Crippen molar-refractivity contribution in [1.29, 1.82) is 0 Å². The van der Waals surface area contributed by atoms with Crippen molar-refractivity contribution in [2.75, 3.05) is 20.2 Å². The molecule has 0 aliphatic carbocycles. The van der Waals surface area contributed by atoms with Gasteiger partial charge in [-0.15, -0.1) is 0 Å². The number of aryl methyl sites for hydroxylation is 1. The lowest BCUT2D eigenvalue weighted by Crippen LogP contribution is -2.46. The standard InChI is InChI=1S/C21H25BrN2O4S/c1-15-5-10-20(28-2)16(14-15)11-12-23-21(25)19-4-3-13-24(19)29(26,27)18-8-6-17(22)7-9-18/h5-10,14,19H,3-4,11-13H2,1-2H3,(H,23,25)/t19-/m1/s1. The van der Waals surface area contributed by atoms with Gasteiger partial charge in [-0.1, -0.05) is 33.6 Å². The lowest BCUT2D eigenvalue weighted by Gasteiger charge is -2.23. The Balaban J connectivity index is 1.66. The highest BCUT2D eigenvalue weighted by Gasteiger charge is 2.39. The van der Waals surface area contributed by atoms with E-state index in [9.17, 15) is 13.2 Å². The third-order valence-corrected chi connectivity index (χ3v) is 7.51. The Bertz CT molecular complexity index is 977. The Morgan fingerprint density at radius 1 is 1.24 bits per heavy atom. The molecular formula is C21H25BrN2O4S. The summed E-state index contributed by atoms with van der Waals surface area (Å²) in [5, 5.41) is 2.90. The number of rotatable bonds is 7. The van der Waals surface area contributed by atoms with Gasteiger partial charge in [-0.3, -0.25) is 4.79 Å². The highest BCUT2D eigenvalue weighted by Crippen LogP contribution is 2.27. The summed E-state index contributed by atoms with van der Waals surface area (Å²) in [5.41, 5.74) is 2.13. The molecule has 2 aromatic rings. The zero-order valence-electron chi connectivity index (χ0n) is 16.5.